The number of nitrogens with two attached hydrogens (primary N) is 1. The number of rotatable bonds is 4. The number of aromatic nitrogens is 2. The van der Waals surface area contributed by atoms with Gasteiger partial charge in [-0.1, -0.05) is 36.4 Å². The number of hydrogen-bond acceptors (Lipinski definition) is 3. The van der Waals surface area contributed by atoms with Crippen LogP contribution in [0.4, 0.5) is 5.95 Å². The molecule has 1 aliphatic rings. The lowest BCUT2D eigenvalue weighted by atomic mass is 10.1. The van der Waals surface area contributed by atoms with E-state index < -0.39 is 0 Å². The Morgan fingerprint density at radius 1 is 1.04 bits per heavy atom. The second-order valence-corrected chi connectivity index (χ2v) is 6.32. The molecule has 0 bridgehead atoms. The maximum atomic E-state index is 6.22. The quantitative estimate of drug-likeness (QED) is 0.721. The predicted octanol–water partition coefficient (Wildman–Crippen LogP) is 1.92. The van der Waals surface area contributed by atoms with Gasteiger partial charge in [-0.2, -0.15) is 0 Å². The van der Waals surface area contributed by atoms with Crippen molar-refractivity contribution in [2.75, 3.05) is 32.0 Å². The summed E-state index contributed by atoms with van der Waals surface area (Å²) in [6.07, 6.45) is 0. The molecule has 24 heavy (non-hydrogen) atoms. The topological polar surface area (TPSA) is 58.2 Å². The van der Waals surface area contributed by atoms with E-state index in [1.807, 2.05) is 6.07 Å². The van der Waals surface area contributed by atoms with Gasteiger partial charge in [0.15, 0.2) is 0 Å². The fraction of sp³-hybridized carbons (Fsp3) is 0.316. The molecule has 2 aromatic carbocycles. The van der Waals surface area contributed by atoms with E-state index in [9.17, 15) is 0 Å². The Balaban J connectivity index is 1.59. The smallest absolute Gasteiger partial charge is 0.353 e. The average Bonchev–Trinajstić information content (AvgIpc) is 2.92. The van der Waals surface area contributed by atoms with Crippen molar-refractivity contribution in [3.05, 3.63) is 59.7 Å². The Morgan fingerprint density at radius 2 is 1.83 bits per heavy atom. The first kappa shape index (κ1) is 15.2. The minimum atomic E-state index is 0.692. The standard InChI is InChI=1S/C19H22N4O/c20-19-21-17-12-16(13-22-8-10-24-11-9-22)6-7-18(17)23(19)14-15-4-2-1-3-5-15/h1-7,12H,8-11,13-14H2,(H2,20,21)/p+1. The van der Waals surface area contributed by atoms with Gasteiger partial charge >= 0.3 is 5.95 Å². The van der Waals surface area contributed by atoms with E-state index in [-0.39, 0.29) is 0 Å². The second kappa shape index (κ2) is 6.63. The SMILES string of the molecule is Nc1[nH]c2cc(CN3CCOCC3)ccc2[n+]1Cc1ccccc1. The van der Waals surface area contributed by atoms with Gasteiger partial charge in [0.2, 0.25) is 0 Å². The Morgan fingerprint density at radius 3 is 2.62 bits per heavy atom. The van der Waals surface area contributed by atoms with E-state index in [1.165, 1.54) is 11.1 Å². The van der Waals surface area contributed by atoms with Crippen molar-refractivity contribution >= 4 is 17.0 Å². The minimum Gasteiger partial charge on any atom is -0.379 e. The molecule has 5 nitrogen and oxygen atoms in total. The summed E-state index contributed by atoms with van der Waals surface area (Å²) >= 11 is 0. The van der Waals surface area contributed by atoms with Crippen LogP contribution in [0.25, 0.3) is 11.0 Å². The van der Waals surface area contributed by atoms with Gasteiger partial charge in [-0.25, -0.2) is 9.55 Å². The molecule has 1 aliphatic heterocycles. The van der Waals surface area contributed by atoms with Crippen LogP contribution in [0.5, 0.6) is 0 Å². The molecule has 3 N–H and O–H groups in total. The monoisotopic (exact) mass is 323 g/mol. The van der Waals surface area contributed by atoms with Crippen LogP contribution in [0.15, 0.2) is 48.5 Å². The lowest BCUT2D eigenvalue weighted by Crippen LogP contribution is -2.36. The molecule has 5 heteroatoms. The normalized spacial score (nSPS) is 15.8. The molecule has 0 atom stereocenters. The van der Waals surface area contributed by atoms with Gasteiger partial charge < -0.3 is 4.74 Å². The first-order chi connectivity index (χ1) is 11.8. The number of aromatic amines is 1. The van der Waals surface area contributed by atoms with Crippen LogP contribution >= 0.6 is 0 Å². The highest BCUT2D eigenvalue weighted by Gasteiger charge is 2.16. The fourth-order valence-electron chi connectivity index (χ4n) is 3.31. The lowest BCUT2D eigenvalue weighted by Gasteiger charge is -2.26. The summed E-state index contributed by atoms with van der Waals surface area (Å²) in [7, 11) is 0. The summed E-state index contributed by atoms with van der Waals surface area (Å²) in [5, 5.41) is 0. The van der Waals surface area contributed by atoms with Crippen LogP contribution in [0.1, 0.15) is 11.1 Å². The number of nitrogen functional groups attached to an aromatic ring is 1. The summed E-state index contributed by atoms with van der Waals surface area (Å²) < 4.78 is 7.54. The van der Waals surface area contributed by atoms with Crippen LogP contribution in [-0.4, -0.2) is 36.2 Å². The summed E-state index contributed by atoms with van der Waals surface area (Å²) in [6.45, 7) is 5.38. The zero-order chi connectivity index (χ0) is 16.4. The number of morpholine rings is 1. The van der Waals surface area contributed by atoms with E-state index in [2.05, 4.69) is 56.9 Å². The van der Waals surface area contributed by atoms with Crippen molar-refractivity contribution in [3.8, 4) is 0 Å². The van der Waals surface area contributed by atoms with Gasteiger partial charge in [0.05, 0.1) is 19.8 Å². The molecule has 3 aromatic rings. The molecular formula is C19H23N4O+. The first-order valence-corrected chi connectivity index (χ1v) is 8.43. The number of nitrogens with zero attached hydrogens (tertiary/aromatic N) is 2. The number of ether oxygens (including phenoxy) is 1. The van der Waals surface area contributed by atoms with E-state index >= 15 is 0 Å². The van der Waals surface area contributed by atoms with Crippen LogP contribution in [0.3, 0.4) is 0 Å². The predicted molar refractivity (Wildman–Crippen MR) is 94.5 cm³/mol. The van der Waals surface area contributed by atoms with E-state index in [0.717, 1.165) is 50.4 Å². The van der Waals surface area contributed by atoms with Gasteiger partial charge in [0, 0.05) is 19.6 Å². The molecule has 0 spiro atoms. The third kappa shape index (κ3) is 3.13. The molecule has 0 radical (unpaired) electrons. The molecule has 4 rings (SSSR count). The number of anilines is 1. The van der Waals surface area contributed by atoms with Crippen molar-refractivity contribution in [3.63, 3.8) is 0 Å². The number of H-pyrrole nitrogens is 1. The molecule has 0 aliphatic carbocycles. The third-order valence-electron chi connectivity index (χ3n) is 4.60. The summed E-state index contributed by atoms with van der Waals surface area (Å²) in [6, 6.07) is 17.0. The zero-order valence-electron chi connectivity index (χ0n) is 13.7. The number of fused-ring (bicyclic) bond motifs is 1. The Kier molecular flexibility index (Phi) is 4.19. The molecular weight excluding hydrogens is 300 g/mol. The maximum absolute atomic E-state index is 6.22. The molecule has 0 unspecified atom stereocenters. The van der Waals surface area contributed by atoms with Crippen molar-refractivity contribution < 1.29 is 9.30 Å². The number of imidazole rings is 1. The lowest BCUT2D eigenvalue weighted by molar-refractivity contribution is -0.647. The summed E-state index contributed by atoms with van der Waals surface area (Å²) in [5.41, 5.74) is 11.0. The highest BCUT2D eigenvalue weighted by molar-refractivity contribution is 5.73. The first-order valence-electron chi connectivity index (χ1n) is 8.43. The van der Waals surface area contributed by atoms with Gasteiger partial charge in [-0.3, -0.25) is 10.6 Å². The number of nitrogens with one attached hydrogen (secondary N) is 1. The largest absolute Gasteiger partial charge is 0.379 e. The Bertz CT molecular complexity index is 822. The van der Waals surface area contributed by atoms with Crippen LogP contribution in [0.2, 0.25) is 0 Å². The average molecular weight is 323 g/mol. The van der Waals surface area contributed by atoms with Gasteiger partial charge in [-0.05, 0) is 23.3 Å². The highest BCUT2D eigenvalue weighted by atomic mass is 16.5. The molecule has 0 amide bonds. The summed E-state index contributed by atoms with van der Waals surface area (Å²) in [4.78, 5) is 5.75. The van der Waals surface area contributed by atoms with Crippen LogP contribution < -0.4 is 10.3 Å². The van der Waals surface area contributed by atoms with Crippen LogP contribution in [0, 0.1) is 0 Å². The van der Waals surface area contributed by atoms with E-state index in [0.29, 0.717) is 5.95 Å². The molecule has 0 saturated carbocycles. The summed E-state index contributed by atoms with van der Waals surface area (Å²) in [5.74, 6) is 0.692. The molecule has 1 saturated heterocycles. The molecule has 2 heterocycles. The van der Waals surface area contributed by atoms with Crippen molar-refractivity contribution in [2.24, 2.45) is 0 Å². The Hall–Kier alpha value is -2.37. The van der Waals surface area contributed by atoms with Gasteiger partial charge in [-0.15, -0.1) is 0 Å². The van der Waals surface area contributed by atoms with Crippen molar-refractivity contribution in [1.29, 1.82) is 0 Å². The van der Waals surface area contributed by atoms with E-state index in [1.54, 1.807) is 0 Å². The zero-order valence-corrected chi connectivity index (χ0v) is 13.7. The fourth-order valence-corrected chi connectivity index (χ4v) is 3.31. The van der Waals surface area contributed by atoms with Crippen molar-refractivity contribution in [1.82, 2.24) is 9.88 Å². The van der Waals surface area contributed by atoms with Gasteiger partial charge in [0.25, 0.3) is 0 Å². The molecule has 1 aromatic heterocycles. The van der Waals surface area contributed by atoms with Gasteiger partial charge in [0.1, 0.15) is 11.0 Å². The number of benzene rings is 2. The second-order valence-electron chi connectivity index (χ2n) is 6.32. The Labute approximate surface area is 141 Å². The number of hydrogen-bond donors (Lipinski definition) is 2. The molecule has 124 valence electrons. The highest BCUT2D eigenvalue weighted by Crippen LogP contribution is 2.16. The maximum Gasteiger partial charge on any atom is 0.353 e. The minimum absolute atomic E-state index is 0.692. The molecule has 1 fully saturated rings. The van der Waals surface area contributed by atoms with Crippen LogP contribution in [-0.2, 0) is 17.8 Å². The third-order valence-corrected chi connectivity index (χ3v) is 4.60. The van der Waals surface area contributed by atoms with E-state index in [4.69, 9.17) is 10.5 Å². The van der Waals surface area contributed by atoms with Crippen molar-refractivity contribution in [2.45, 2.75) is 13.1 Å².